The zero-order valence-electron chi connectivity index (χ0n) is 17.3. The lowest BCUT2D eigenvalue weighted by Crippen LogP contribution is -2.42. The molecule has 1 aliphatic rings. The molecule has 8 heteroatoms. The number of nitrogens with one attached hydrogen (secondary N) is 1. The van der Waals surface area contributed by atoms with Crippen LogP contribution in [0.3, 0.4) is 0 Å². The van der Waals surface area contributed by atoms with Gasteiger partial charge in [0, 0.05) is 16.8 Å². The summed E-state index contributed by atoms with van der Waals surface area (Å²) in [5, 5.41) is 12.8. The van der Waals surface area contributed by atoms with Crippen molar-refractivity contribution in [2.45, 2.75) is 18.4 Å². The van der Waals surface area contributed by atoms with Crippen LogP contribution in [0.2, 0.25) is 0 Å². The average molecular weight is 523 g/mol. The fourth-order valence-corrected chi connectivity index (χ4v) is 5.76. The zero-order valence-corrected chi connectivity index (χ0v) is 19.7. The van der Waals surface area contributed by atoms with E-state index in [0.717, 1.165) is 36.9 Å². The smallest absolute Gasteiger partial charge is 0.407 e. The van der Waals surface area contributed by atoms with E-state index >= 15 is 0 Å². The Kier molecular flexibility index (Phi) is 5.86. The Bertz CT molecular complexity index is 1320. The molecule has 1 aromatic heterocycles. The van der Waals surface area contributed by atoms with Crippen molar-refractivity contribution in [3.05, 3.63) is 87.3 Å². The Morgan fingerprint density at radius 3 is 2.39 bits per heavy atom. The molecular formula is C25H19BrN2O4S. The molecular weight excluding hydrogens is 504 g/mol. The number of carbonyl (C=O) groups excluding carboxylic acids is 1. The second kappa shape index (κ2) is 8.96. The molecule has 0 spiro atoms. The van der Waals surface area contributed by atoms with Crippen LogP contribution in [0.1, 0.15) is 22.1 Å². The Hall–Kier alpha value is -3.23. The Morgan fingerprint density at radius 2 is 1.73 bits per heavy atom. The number of ether oxygens (including phenoxy) is 1. The highest BCUT2D eigenvalue weighted by Crippen LogP contribution is 2.44. The lowest BCUT2D eigenvalue weighted by Gasteiger charge is -2.17. The third-order valence-electron chi connectivity index (χ3n) is 5.71. The predicted octanol–water partition coefficient (Wildman–Crippen LogP) is 5.59. The van der Waals surface area contributed by atoms with E-state index < -0.39 is 18.1 Å². The van der Waals surface area contributed by atoms with Gasteiger partial charge >= 0.3 is 12.1 Å². The molecule has 1 heterocycles. The summed E-state index contributed by atoms with van der Waals surface area (Å²) >= 11 is 4.83. The molecule has 1 unspecified atom stereocenters. The number of carboxylic acid groups (broad SMARTS) is 1. The van der Waals surface area contributed by atoms with Gasteiger partial charge in [-0.3, -0.25) is 0 Å². The van der Waals surface area contributed by atoms with Gasteiger partial charge in [0.05, 0.1) is 15.2 Å². The first-order valence-electron chi connectivity index (χ1n) is 10.4. The number of rotatable bonds is 6. The Balaban J connectivity index is 1.27. The average Bonchev–Trinajstić information content (AvgIpc) is 3.35. The first-order chi connectivity index (χ1) is 16.0. The molecule has 0 aliphatic heterocycles. The van der Waals surface area contributed by atoms with Gasteiger partial charge in [0.15, 0.2) is 0 Å². The van der Waals surface area contributed by atoms with Gasteiger partial charge in [-0.05, 0) is 40.5 Å². The monoisotopic (exact) mass is 522 g/mol. The fraction of sp³-hybridized carbons (Fsp3) is 0.160. The van der Waals surface area contributed by atoms with Crippen LogP contribution in [0.15, 0.2) is 71.2 Å². The number of carbonyl (C=O) groups is 2. The molecule has 166 valence electrons. The molecule has 4 aromatic rings. The summed E-state index contributed by atoms with van der Waals surface area (Å²) in [6.07, 6.45) is -0.677. The van der Waals surface area contributed by atoms with Crippen molar-refractivity contribution < 1.29 is 19.4 Å². The van der Waals surface area contributed by atoms with Crippen molar-refractivity contribution in [3.8, 4) is 11.1 Å². The summed E-state index contributed by atoms with van der Waals surface area (Å²) in [4.78, 5) is 28.8. The number of aromatic nitrogens is 1. The van der Waals surface area contributed by atoms with Gasteiger partial charge in [-0.2, -0.15) is 0 Å². The van der Waals surface area contributed by atoms with Gasteiger partial charge in [-0.25, -0.2) is 14.6 Å². The van der Waals surface area contributed by atoms with Gasteiger partial charge in [0.2, 0.25) is 0 Å². The minimum Gasteiger partial charge on any atom is -0.480 e. The largest absolute Gasteiger partial charge is 0.480 e. The molecule has 6 nitrogen and oxygen atoms in total. The van der Waals surface area contributed by atoms with E-state index in [4.69, 9.17) is 4.74 Å². The fourth-order valence-electron chi connectivity index (χ4n) is 4.19. The topological polar surface area (TPSA) is 88.5 Å². The van der Waals surface area contributed by atoms with Crippen molar-refractivity contribution >= 4 is 49.5 Å². The number of hydrogen-bond donors (Lipinski definition) is 2. The lowest BCUT2D eigenvalue weighted by atomic mass is 9.98. The first-order valence-corrected chi connectivity index (χ1v) is 12.0. The summed E-state index contributed by atoms with van der Waals surface area (Å²) in [7, 11) is 0. The maximum atomic E-state index is 12.5. The third kappa shape index (κ3) is 4.36. The maximum Gasteiger partial charge on any atom is 0.407 e. The van der Waals surface area contributed by atoms with Crippen LogP contribution in [0.5, 0.6) is 0 Å². The molecule has 0 fully saturated rings. The summed E-state index contributed by atoms with van der Waals surface area (Å²) in [5.41, 5.74) is 5.26. The maximum absolute atomic E-state index is 12.5. The molecule has 5 rings (SSSR count). The van der Waals surface area contributed by atoms with Gasteiger partial charge in [0.1, 0.15) is 12.6 Å². The molecule has 2 N–H and O–H groups in total. The number of amides is 1. The second-order valence-electron chi connectivity index (χ2n) is 7.78. The number of carboxylic acids is 1. The van der Waals surface area contributed by atoms with Gasteiger partial charge in [-0.1, -0.05) is 64.5 Å². The van der Waals surface area contributed by atoms with Gasteiger partial charge in [0.25, 0.3) is 0 Å². The van der Waals surface area contributed by atoms with E-state index in [2.05, 4.69) is 38.4 Å². The molecule has 0 saturated heterocycles. The van der Waals surface area contributed by atoms with E-state index in [1.165, 1.54) is 11.3 Å². The van der Waals surface area contributed by atoms with Crippen LogP contribution in [0.4, 0.5) is 4.79 Å². The van der Waals surface area contributed by atoms with Crippen LogP contribution < -0.4 is 5.32 Å². The number of hydrogen-bond acceptors (Lipinski definition) is 5. The third-order valence-corrected chi connectivity index (χ3v) is 7.24. The van der Waals surface area contributed by atoms with E-state index in [-0.39, 0.29) is 18.9 Å². The standard InChI is InChI=1S/C25H19BrN2O4S/c26-14-9-10-20-22(11-14)33-23(27-20)12-21(24(29)30)28-25(31)32-13-19-17-7-3-1-5-15(17)16-6-2-4-8-18(16)19/h1-11,19,21H,12-13H2,(H,28,31)(H,29,30). The molecule has 1 aliphatic carbocycles. The highest BCUT2D eigenvalue weighted by atomic mass is 79.9. The molecule has 0 radical (unpaired) electrons. The van der Waals surface area contributed by atoms with Crippen molar-refractivity contribution in [2.75, 3.05) is 6.61 Å². The van der Waals surface area contributed by atoms with Crippen LogP contribution in [-0.4, -0.2) is 34.8 Å². The van der Waals surface area contributed by atoms with E-state index in [1.54, 1.807) is 0 Å². The summed E-state index contributed by atoms with van der Waals surface area (Å²) < 4.78 is 7.37. The molecule has 1 amide bonds. The number of thiazole rings is 1. The zero-order chi connectivity index (χ0) is 22.9. The Morgan fingerprint density at radius 1 is 1.06 bits per heavy atom. The van der Waals surface area contributed by atoms with Gasteiger partial charge < -0.3 is 15.2 Å². The van der Waals surface area contributed by atoms with Crippen LogP contribution >= 0.6 is 27.3 Å². The van der Waals surface area contributed by atoms with E-state index in [1.807, 2.05) is 54.6 Å². The number of aliphatic carboxylic acids is 1. The number of halogens is 1. The highest BCUT2D eigenvalue weighted by Gasteiger charge is 2.30. The first kappa shape index (κ1) is 21.6. The summed E-state index contributed by atoms with van der Waals surface area (Å²) in [6.45, 7) is 0.126. The van der Waals surface area contributed by atoms with Crippen LogP contribution in [0, 0.1) is 0 Å². The van der Waals surface area contributed by atoms with E-state index in [9.17, 15) is 14.7 Å². The number of fused-ring (bicyclic) bond motifs is 4. The molecule has 1 atom stereocenters. The minimum atomic E-state index is -1.14. The highest BCUT2D eigenvalue weighted by molar-refractivity contribution is 9.10. The summed E-state index contributed by atoms with van der Waals surface area (Å²) in [5.74, 6) is -1.22. The van der Waals surface area contributed by atoms with Crippen LogP contribution in [0.25, 0.3) is 21.3 Å². The predicted molar refractivity (Wildman–Crippen MR) is 131 cm³/mol. The summed E-state index contributed by atoms with van der Waals surface area (Å²) in [6, 6.07) is 20.7. The SMILES string of the molecule is O=C(NC(Cc1nc2ccc(Br)cc2s1)C(=O)O)OCC1c2ccccc2-c2ccccc21. The normalized spacial score (nSPS) is 13.4. The number of alkyl carbamates (subject to hydrolysis) is 1. The number of benzene rings is 3. The Labute approximate surface area is 202 Å². The van der Waals surface area contributed by atoms with Crippen molar-refractivity contribution in [2.24, 2.45) is 0 Å². The molecule has 0 saturated carbocycles. The van der Waals surface area contributed by atoms with Crippen molar-refractivity contribution in [1.82, 2.24) is 10.3 Å². The molecule has 3 aromatic carbocycles. The van der Waals surface area contributed by atoms with Crippen molar-refractivity contribution in [1.29, 1.82) is 0 Å². The molecule has 33 heavy (non-hydrogen) atoms. The van der Waals surface area contributed by atoms with Crippen molar-refractivity contribution in [3.63, 3.8) is 0 Å². The van der Waals surface area contributed by atoms with E-state index in [0.29, 0.717) is 5.01 Å². The quantitative estimate of drug-likeness (QED) is 0.344. The number of nitrogens with zero attached hydrogens (tertiary/aromatic N) is 1. The second-order valence-corrected chi connectivity index (χ2v) is 9.82. The minimum absolute atomic E-state index is 0.0799. The van der Waals surface area contributed by atoms with Gasteiger partial charge in [-0.15, -0.1) is 11.3 Å². The van der Waals surface area contributed by atoms with Crippen LogP contribution in [-0.2, 0) is 16.0 Å². The molecule has 0 bridgehead atoms. The lowest BCUT2D eigenvalue weighted by molar-refractivity contribution is -0.139.